The molecule has 0 spiro atoms. The van der Waals surface area contributed by atoms with Crippen LogP contribution in [0.25, 0.3) is 0 Å². The lowest BCUT2D eigenvalue weighted by atomic mass is 9.91. The maximum absolute atomic E-state index is 6.08. The third-order valence-electron chi connectivity index (χ3n) is 4.39. The van der Waals surface area contributed by atoms with Gasteiger partial charge in [0.1, 0.15) is 0 Å². The molecule has 5 nitrogen and oxygen atoms in total. The standard InChI is InChI=1S/C12H20O5/c1-11(13-3)12(2,14-4)17-10-6-8-7(15-8)5-9(10)16-11/h7-10H,5-6H2,1-4H3/t7-,8+,9-,10-,11+,12+/m0/s1. The van der Waals surface area contributed by atoms with Gasteiger partial charge in [-0.1, -0.05) is 0 Å². The monoisotopic (exact) mass is 244 g/mol. The summed E-state index contributed by atoms with van der Waals surface area (Å²) in [6.07, 6.45) is 2.54. The van der Waals surface area contributed by atoms with Crippen LogP contribution in [0.15, 0.2) is 0 Å². The third kappa shape index (κ3) is 1.64. The van der Waals surface area contributed by atoms with Crippen LogP contribution in [0, 0.1) is 0 Å². The van der Waals surface area contributed by atoms with E-state index in [4.69, 9.17) is 23.7 Å². The van der Waals surface area contributed by atoms with Gasteiger partial charge in [0, 0.05) is 27.1 Å². The summed E-state index contributed by atoms with van der Waals surface area (Å²) in [5, 5.41) is 0. The van der Waals surface area contributed by atoms with Crippen LogP contribution in [-0.2, 0) is 23.7 Å². The topological polar surface area (TPSA) is 49.5 Å². The van der Waals surface area contributed by atoms with Crippen LogP contribution in [0.3, 0.4) is 0 Å². The maximum atomic E-state index is 6.08. The van der Waals surface area contributed by atoms with E-state index >= 15 is 0 Å². The second-order valence-electron chi connectivity index (χ2n) is 5.30. The number of fused-ring (bicyclic) bond motifs is 2. The highest BCUT2D eigenvalue weighted by Gasteiger charge is 2.61. The molecule has 0 amide bonds. The van der Waals surface area contributed by atoms with Gasteiger partial charge in [-0.25, -0.2) is 0 Å². The average Bonchev–Trinajstić information content (AvgIpc) is 3.05. The molecule has 0 aromatic carbocycles. The zero-order valence-corrected chi connectivity index (χ0v) is 10.8. The fraction of sp³-hybridized carbons (Fsp3) is 1.00. The number of hydrogen-bond donors (Lipinski definition) is 0. The predicted octanol–water partition coefficient (Wildman–Crippen LogP) is 1.06. The summed E-state index contributed by atoms with van der Waals surface area (Å²) in [6, 6.07) is 0. The second-order valence-corrected chi connectivity index (χ2v) is 5.30. The molecule has 0 radical (unpaired) electrons. The molecule has 0 aromatic rings. The summed E-state index contributed by atoms with van der Waals surface area (Å²) < 4.78 is 28.6. The van der Waals surface area contributed by atoms with Gasteiger partial charge in [-0.05, 0) is 13.8 Å². The molecule has 1 aliphatic carbocycles. The van der Waals surface area contributed by atoms with Crippen LogP contribution in [0.2, 0.25) is 0 Å². The molecule has 2 heterocycles. The van der Waals surface area contributed by atoms with Crippen molar-refractivity contribution in [2.75, 3.05) is 14.2 Å². The van der Waals surface area contributed by atoms with Crippen LogP contribution < -0.4 is 0 Å². The Morgan fingerprint density at radius 1 is 0.824 bits per heavy atom. The average molecular weight is 244 g/mol. The van der Waals surface area contributed by atoms with Crippen molar-refractivity contribution in [2.45, 2.75) is 62.7 Å². The normalized spacial score (nSPS) is 57.2. The van der Waals surface area contributed by atoms with Crippen LogP contribution in [0.1, 0.15) is 26.7 Å². The van der Waals surface area contributed by atoms with Crippen molar-refractivity contribution in [1.82, 2.24) is 0 Å². The summed E-state index contributed by atoms with van der Waals surface area (Å²) >= 11 is 0. The van der Waals surface area contributed by atoms with Gasteiger partial charge in [-0.15, -0.1) is 0 Å². The first-order valence-electron chi connectivity index (χ1n) is 6.13. The molecule has 0 unspecified atom stereocenters. The van der Waals surface area contributed by atoms with Crippen molar-refractivity contribution in [3.05, 3.63) is 0 Å². The highest BCUT2D eigenvalue weighted by atomic mass is 16.8. The van der Waals surface area contributed by atoms with E-state index in [0.29, 0.717) is 12.2 Å². The molecule has 3 aliphatic rings. The Hall–Kier alpha value is -0.200. The van der Waals surface area contributed by atoms with E-state index < -0.39 is 11.6 Å². The van der Waals surface area contributed by atoms with Crippen molar-refractivity contribution in [3.8, 4) is 0 Å². The van der Waals surface area contributed by atoms with Gasteiger partial charge >= 0.3 is 0 Å². The van der Waals surface area contributed by atoms with Gasteiger partial charge in [0.05, 0.1) is 24.4 Å². The summed E-state index contributed by atoms with van der Waals surface area (Å²) in [5.74, 6) is -1.77. The molecule has 0 aromatic heterocycles. The molecule has 98 valence electrons. The molecular weight excluding hydrogens is 224 g/mol. The largest absolute Gasteiger partial charge is 0.369 e. The first-order valence-corrected chi connectivity index (χ1v) is 6.13. The van der Waals surface area contributed by atoms with E-state index in [1.807, 2.05) is 13.8 Å². The second kappa shape index (κ2) is 3.65. The molecule has 0 N–H and O–H groups in total. The smallest absolute Gasteiger partial charge is 0.220 e. The summed E-state index contributed by atoms with van der Waals surface area (Å²) in [6.45, 7) is 3.71. The molecule has 0 bridgehead atoms. The number of rotatable bonds is 2. The number of epoxide rings is 1. The van der Waals surface area contributed by atoms with Gasteiger partial charge in [0.15, 0.2) is 0 Å². The summed E-state index contributed by atoms with van der Waals surface area (Å²) in [7, 11) is 3.22. The lowest BCUT2D eigenvalue weighted by Gasteiger charge is -2.52. The summed E-state index contributed by atoms with van der Waals surface area (Å²) in [5.41, 5.74) is 0. The SMILES string of the molecule is CO[C@]1(C)O[C@H]2C[C@@H]3O[C@@H]3C[C@@H]2O[C@@]1(C)OC. The minimum Gasteiger partial charge on any atom is -0.369 e. The Balaban J connectivity index is 1.83. The first-order chi connectivity index (χ1) is 8.01. The van der Waals surface area contributed by atoms with Gasteiger partial charge < -0.3 is 23.7 Å². The van der Waals surface area contributed by atoms with Crippen molar-refractivity contribution >= 4 is 0 Å². The highest BCUT2D eigenvalue weighted by molar-refractivity contribution is 5.02. The number of ether oxygens (including phenoxy) is 5. The Labute approximate surface area is 101 Å². The van der Waals surface area contributed by atoms with Crippen molar-refractivity contribution < 1.29 is 23.7 Å². The molecule has 17 heavy (non-hydrogen) atoms. The Bertz CT molecular complexity index is 292. The van der Waals surface area contributed by atoms with Crippen molar-refractivity contribution in [1.29, 1.82) is 0 Å². The van der Waals surface area contributed by atoms with Crippen LogP contribution in [0.5, 0.6) is 0 Å². The lowest BCUT2D eigenvalue weighted by molar-refractivity contribution is -0.450. The van der Waals surface area contributed by atoms with E-state index in [0.717, 1.165) is 12.8 Å². The fourth-order valence-electron chi connectivity index (χ4n) is 2.86. The highest BCUT2D eigenvalue weighted by Crippen LogP contribution is 2.47. The first kappa shape index (κ1) is 11.9. The van der Waals surface area contributed by atoms with Gasteiger partial charge in [-0.2, -0.15) is 0 Å². The molecule has 3 rings (SSSR count). The molecular formula is C12H20O5. The minimum absolute atomic E-state index is 0.0342. The number of methoxy groups -OCH3 is 2. The zero-order valence-electron chi connectivity index (χ0n) is 10.8. The van der Waals surface area contributed by atoms with Gasteiger partial charge in [0.2, 0.25) is 11.6 Å². The maximum Gasteiger partial charge on any atom is 0.220 e. The zero-order chi connectivity index (χ0) is 12.3. The Morgan fingerprint density at radius 2 is 1.24 bits per heavy atom. The minimum atomic E-state index is -0.884. The van der Waals surface area contributed by atoms with Crippen LogP contribution in [0.4, 0.5) is 0 Å². The van der Waals surface area contributed by atoms with Gasteiger partial charge in [-0.3, -0.25) is 0 Å². The fourth-order valence-corrected chi connectivity index (χ4v) is 2.86. The van der Waals surface area contributed by atoms with Crippen molar-refractivity contribution in [3.63, 3.8) is 0 Å². The summed E-state index contributed by atoms with van der Waals surface area (Å²) in [4.78, 5) is 0. The van der Waals surface area contributed by atoms with E-state index in [1.54, 1.807) is 14.2 Å². The predicted molar refractivity (Wildman–Crippen MR) is 58.5 cm³/mol. The molecule has 6 atom stereocenters. The lowest BCUT2D eigenvalue weighted by Crippen LogP contribution is -2.66. The van der Waals surface area contributed by atoms with E-state index in [9.17, 15) is 0 Å². The number of hydrogen-bond acceptors (Lipinski definition) is 5. The van der Waals surface area contributed by atoms with Gasteiger partial charge in [0.25, 0.3) is 0 Å². The van der Waals surface area contributed by atoms with Crippen molar-refractivity contribution in [2.24, 2.45) is 0 Å². The quantitative estimate of drug-likeness (QED) is 0.680. The molecule has 2 aliphatic heterocycles. The van der Waals surface area contributed by atoms with E-state index in [2.05, 4.69) is 0 Å². The Kier molecular flexibility index (Phi) is 2.55. The van der Waals surface area contributed by atoms with E-state index in [1.165, 1.54) is 0 Å². The molecule has 3 fully saturated rings. The molecule has 5 heteroatoms. The molecule has 1 saturated carbocycles. The third-order valence-corrected chi connectivity index (χ3v) is 4.39. The van der Waals surface area contributed by atoms with Crippen LogP contribution in [-0.4, -0.2) is 50.2 Å². The molecule has 2 saturated heterocycles. The van der Waals surface area contributed by atoms with E-state index in [-0.39, 0.29) is 12.2 Å². The Morgan fingerprint density at radius 3 is 1.59 bits per heavy atom. The van der Waals surface area contributed by atoms with Crippen LogP contribution >= 0.6 is 0 Å².